The molecule has 0 unspecified atom stereocenters. The van der Waals surface area contributed by atoms with E-state index in [2.05, 4.69) is 29.2 Å². The van der Waals surface area contributed by atoms with E-state index >= 15 is 0 Å². The Morgan fingerprint density at radius 1 is 1.40 bits per heavy atom. The second-order valence-corrected chi connectivity index (χ2v) is 4.95. The summed E-state index contributed by atoms with van der Waals surface area (Å²) in [6.45, 7) is 6.70. The van der Waals surface area contributed by atoms with Gasteiger partial charge in [0.15, 0.2) is 0 Å². The fourth-order valence-electron chi connectivity index (χ4n) is 1.93. The lowest BCUT2D eigenvalue weighted by atomic mass is 10.3. The molecule has 6 heteroatoms. The molecule has 2 aromatic rings. The number of aryl methyl sites for hydroxylation is 1. The molecule has 0 amide bonds. The van der Waals surface area contributed by atoms with Crippen molar-refractivity contribution in [1.29, 1.82) is 0 Å². The number of hydrogen-bond acceptors (Lipinski definition) is 5. The highest BCUT2D eigenvalue weighted by Crippen LogP contribution is 2.26. The van der Waals surface area contributed by atoms with Crippen LogP contribution in [0.15, 0.2) is 18.3 Å². The molecule has 0 saturated heterocycles. The minimum Gasteiger partial charge on any atom is -0.481 e. The lowest BCUT2D eigenvalue weighted by molar-refractivity contribution is 0.397. The summed E-state index contributed by atoms with van der Waals surface area (Å²) in [5.74, 6) is 1.46. The number of anilines is 2. The van der Waals surface area contributed by atoms with E-state index in [1.54, 1.807) is 13.3 Å². The Bertz CT molecular complexity index is 574. The van der Waals surface area contributed by atoms with Gasteiger partial charge in [-0.15, -0.1) is 0 Å². The van der Waals surface area contributed by atoms with Gasteiger partial charge in [-0.25, -0.2) is 9.67 Å². The second kappa shape index (κ2) is 5.81. The second-order valence-electron chi connectivity index (χ2n) is 4.95. The summed E-state index contributed by atoms with van der Waals surface area (Å²) in [7, 11) is 1.60. The Morgan fingerprint density at radius 2 is 2.15 bits per heavy atom. The Kier molecular flexibility index (Phi) is 4.12. The Balaban J connectivity index is 2.13. The lowest BCUT2D eigenvalue weighted by Gasteiger charge is -2.13. The standard InChI is InChI=1S/C14H21N5O/c1-9(2)19-14(13(15)10(3)18-19)17-8-11-5-6-12(20-4)16-7-11/h5-7,9,17H,8,15H2,1-4H3. The van der Waals surface area contributed by atoms with Gasteiger partial charge in [0, 0.05) is 24.8 Å². The summed E-state index contributed by atoms with van der Waals surface area (Å²) in [6.07, 6.45) is 1.78. The third-order valence-corrected chi connectivity index (χ3v) is 3.09. The van der Waals surface area contributed by atoms with Crippen LogP contribution in [-0.2, 0) is 6.54 Å². The first-order valence-electron chi connectivity index (χ1n) is 6.60. The number of methoxy groups -OCH3 is 1. The molecule has 0 bridgehead atoms. The molecule has 3 N–H and O–H groups in total. The smallest absolute Gasteiger partial charge is 0.212 e. The zero-order valence-electron chi connectivity index (χ0n) is 12.3. The molecule has 0 aliphatic carbocycles. The summed E-state index contributed by atoms with van der Waals surface area (Å²) in [5.41, 5.74) is 8.66. The number of rotatable bonds is 5. The molecule has 0 radical (unpaired) electrons. The van der Waals surface area contributed by atoms with Crippen molar-refractivity contribution >= 4 is 11.5 Å². The van der Waals surface area contributed by atoms with Crippen LogP contribution in [0.5, 0.6) is 5.88 Å². The van der Waals surface area contributed by atoms with Gasteiger partial charge in [0.2, 0.25) is 5.88 Å². The summed E-state index contributed by atoms with van der Waals surface area (Å²) < 4.78 is 6.94. The number of pyridine rings is 1. The fraction of sp³-hybridized carbons (Fsp3) is 0.429. The Hall–Kier alpha value is -2.24. The van der Waals surface area contributed by atoms with E-state index in [4.69, 9.17) is 10.5 Å². The maximum absolute atomic E-state index is 6.07. The van der Waals surface area contributed by atoms with Crippen molar-refractivity contribution in [2.24, 2.45) is 0 Å². The molecule has 6 nitrogen and oxygen atoms in total. The highest BCUT2D eigenvalue weighted by molar-refractivity contribution is 5.65. The molecule has 0 aliphatic heterocycles. The van der Waals surface area contributed by atoms with Crippen molar-refractivity contribution in [3.05, 3.63) is 29.6 Å². The molecule has 2 rings (SSSR count). The first-order valence-corrected chi connectivity index (χ1v) is 6.60. The quantitative estimate of drug-likeness (QED) is 0.876. The van der Waals surface area contributed by atoms with Crippen LogP contribution in [0.4, 0.5) is 11.5 Å². The zero-order chi connectivity index (χ0) is 14.7. The van der Waals surface area contributed by atoms with Crippen LogP contribution >= 0.6 is 0 Å². The van der Waals surface area contributed by atoms with Gasteiger partial charge in [0.05, 0.1) is 18.5 Å². The van der Waals surface area contributed by atoms with Crippen molar-refractivity contribution in [2.45, 2.75) is 33.4 Å². The fourth-order valence-corrected chi connectivity index (χ4v) is 1.93. The van der Waals surface area contributed by atoms with Gasteiger partial charge < -0.3 is 15.8 Å². The molecule has 0 aliphatic rings. The van der Waals surface area contributed by atoms with Crippen LogP contribution in [0, 0.1) is 6.92 Å². The SMILES string of the molecule is COc1ccc(CNc2c(N)c(C)nn2C(C)C)cn1. The molecule has 0 fully saturated rings. The predicted octanol–water partition coefficient (Wildman–Crippen LogP) is 2.37. The number of aromatic nitrogens is 3. The molecule has 0 saturated carbocycles. The van der Waals surface area contributed by atoms with Gasteiger partial charge in [0.1, 0.15) is 5.82 Å². The molecule has 108 valence electrons. The molecular weight excluding hydrogens is 254 g/mol. The Morgan fingerprint density at radius 3 is 2.70 bits per heavy atom. The van der Waals surface area contributed by atoms with Gasteiger partial charge in [-0.2, -0.15) is 5.10 Å². The largest absolute Gasteiger partial charge is 0.481 e. The van der Waals surface area contributed by atoms with Crippen molar-refractivity contribution in [1.82, 2.24) is 14.8 Å². The van der Waals surface area contributed by atoms with E-state index in [1.807, 2.05) is 23.7 Å². The lowest BCUT2D eigenvalue weighted by Crippen LogP contribution is -2.11. The summed E-state index contributed by atoms with van der Waals surface area (Å²) in [4.78, 5) is 4.18. The van der Waals surface area contributed by atoms with Crippen molar-refractivity contribution < 1.29 is 4.74 Å². The molecule has 2 aromatic heterocycles. The number of nitrogens with zero attached hydrogens (tertiary/aromatic N) is 3. The van der Waals surface area contributed by atoms with Crippen LogP contribution < -0.4 is 15.8 Å². The summed E-state index contributed by atoms with van der Waals surface area (Å²) in [6, 6.07) is 4.06. The predicted molar refractivity (Wildman–Crippen MR) is 79.9 cm³/mol. The van der Waals surface area contributed by atoms with Gasteiger partial charge in [-0.1, -0.05) is 6.07 Å². The van der Waals surface area contributed by atoms with Gasteiger partial charge >= 0.3 is 0 Å². The van der Waals surface area contributed by atoms with E-state index in [-0.39, 0.29) is 6.04 Å². The third kappa shape index (κ3) is 2.84. The molecule has 2 heterocycles. The maximum atomic E-state index is 6.07. The maximum Gasteiger partial charge on any atom is 0.212 e. The van der Waals surface area contributed by atoms with Gasteiger partial charge in [-0.3, -0.25) is 0 Å². The molecule has 0 aromatic carbocycles. The van der Waals surface area contributed by atoms with Crippen molar-refractivity contribution in [3.63, 3.8) is 0 Å². The van der Waals surface area contributed by atoms with E-state index in [0.29, 0.717) is 18.1 Å². The highest BCUT2D eigenvalue weighted by atomic mass is 16.5. The average molecular weight is 275 g/mol. The normalized spacial score (nSPS) is 10.8. The molecule has 20 heavy (non-hydrogen) atoms. The first kappa shape index (κ1) is 14.2. The number of nitrogens with two attached hydrogens (primary N) is 1. The van der Waals surface area contributed by atoms with E-state index in [0.717, 1.165) is 17.1 Å². The van der Waals surface area contributed by atoms with Crippen LogP contribution in [0.3, 0.4) is 0 Å². The monoisotopic (exact) mass is 275 g/mol. The van der Waals surface area contributed by atoms with Crippen molar-refractivity contribution in [2.75, 3.05) is 18.2 Å². The summed E-state index contributed by atoms with van der Waals surface area (Å²) in [5, 5.41) is 7.78. The number of hydrogen-bond donors (Lipinski definition) is 2. The summed E-state index contributed by atoms with van der Waals surface area (Å²) >= 11 is 0. The molecular formula is C14H21N5O. The minimum atomic E-state index is 0.252. The molecule has 0 atom stereocenters. The van der Waals surface area contributed by atoms with Gasteiger partial charge in [0.25, 0.3) is 0 Å². The van der Waals surface area contributed by atoms with E-state index in [1.165, 1.54) is 0 Å². The third-order valence-electron chi connectivity index (χ3n) is 3.09. The van der Waals surface area contributed by atoms with Crippen LogP contribution in [0.2, 0.25) is 0 Å². The topological polar surface area (TPSA) is 78.0 Å². The van der Waals surface area contributed by atoms with Crippen LogP contribution in [-0.4, -0.2) is 21.9 Å². The van der Waals surface area contributed by atoms with E-state index in [9.17, 15) is 0 Å². The highest BCUT2D eigenvalue weighted by Gasteiger charge is 2.14. The van der Waals surface area contributed by atoms with Gasteiger partial charge in [-0.05, 0) is 26.3 Å². The van der Waals surface area contributed by atoms with Crippen molar-refractivity contribution in [3.8, 4) is 5.88 Å². The van der Waals surface area contributed by atoms with Crippen LogP contribution in [0.25, 0.3) is 0 Å². The average Bonchev–Trinajstić information content (AvgIpc) is 2.73. The number of ether oxygens (including phenoxy) is 1. The number of nitrogen functional groups attached to an aromatic ring is 1. The minimum absolute atomic E-state index is 0.252. The van der Waals surface area contributed by atoms with Crippen LogP contribution in [0.1, 0.15) is 31.1 Å². The first-order chi connectivity index (χ1) is 9.52. The van der Waals surface area contributed by atoms with E-state index < -0.39 is 0 Å². The number of nitrogens with one attached hydrogen (secondary N) is 1. The Labute approximate surface area is 119 Å². The zero-order valence-corrected chi connectivity index (χ0v) is 12.3. The molecule has 0 spiro atoms.